The predicted molar refractivity (Wildman–Crippen MR) is 119 cm³/mol. The number of hydrogen-bond acceptors (Lipinski definition) is 5. The van der Waals surface area contributed by atoms with Gasteiger partial charge in [0.1, 0.15) is 6.04 Å². The molecule has 2 aromatic carbocycles. The molecule has 3 aromatic rings. The highest BCUT2D eigenvalue weighted by atomic mass is 32.2. The van der Waals surface area contributed by atoms with Crippen molar-refractivity contribution in [2.45, 2.75) is 36.6 Å². The van der Waals surface area contributed by atoms with Crippen LogP contribution in [0, 0.1) is 0 Å². The summed E-state index contributed by atoms with van der Waals surface area (Å²) in [6.07, 6.45) is 2.86. The molecule has 7 heteroatoms. The fourth-order valence-corrected chi connectivity index (χ4v) is 5.27. The summed E-state index contributed by atoms with van der Waals surface area (Å²) in [5, 5.41) is 3.51. The first kappa shape index (κ1) is 19.9. The Labute approximate surface area is 178 Å². The maximum atomic E-state index is 12.8. The number of thioether (sulfide) groups is 1. The number of likely N-dealkylation sites (tertiary alicyclic amines) is 1. The van der Waals surface area contributed by atoms with E-state index in [4.69, 9.17) is 0 Å². The van der Waals surface area contributed by atoms with Crippen molar-refractivity contribution in [1.29, 1.82) is 0 Å². The lowest BCUT2D eigenvalue weighted by Crippen LogP contribution is -2.43. The molecule has 150 valence electrons. The van der Waals surface area contributed by atoms with Crippen LogP contribution in [0.15, 0.2) is 59.5 Å². The zero-order valence-electron chi connectivity index (χ0n) is 16.0. The molecule has 2 heterocycles. The first-order chi connectivity index (χ1) is 14.2. The van der Waals surface area contributed by atoms with E-state index in [0.717, 1.165) is 28.8 Å². The van der Waals surface area contributed by atoms with Gasteiger partial charge in [0, 0.05) is 17.9 Å². The molecule has 1 aliphatic rings. The minimum Gasteiger partial charge on any atom is -0.331 e. The van der Waals surface area contributed by atoms with Crippen LogP contribution in [0.5, 0.6) is 0 Å². The molecule has 2 amide bonds. The normalized spacial score (nSPS) is 16.3. The standard InChI is InChI=1S/C22H23N3O2S2/c26-20(13-7-15-28-16-8-2-1-3-9-16)25-14-6-11-18(25)21(27)24-22-23-17-10-4-5-12-19(17)29-22/h1-5,8-10,12,18H,6-7,11,13-15H2,(H,23,24,27). The van der Waals surface area contributed by atoms with Gasteiger partial charge in [-0.25, -0.2) is 4.98 Å². The summed E-state index contributed by atoms with van der Waals surface area (Å²) in [5.41, 5.74) is 0.878. The minimum atomic E-state index is -0.392. The largest absolute Gasteiger partial charge is 0.331 e. The summed E-state index contributed by atoms with van der Waals surface area (Å²) in [5.74, 6) is 0.834. The number of fused-ring (bicyclic) bond motifs is 1. The zero-order valence-corrected chi connectivity index (χ0v) is 17.7. The average molecular weight is 426 g/mol. The van der Waals surface area contributed by atoms with Gasteiger partial charge in [0.05, 0.1) is 10.2 Å². The molecule has 0 bridgehead atoms. The summed E-state index contributed by atoms with van der Waals surface area (Å²) in [6.45, 7) is 0.655. The van der Waals surface area contributed by atoms with Gasteiger partial charge in [-0.05, 0) is 49.3 Å². The van der Waals surface area contributed by atoms with Gasteiger partial charge in [-0.3, -0.25) is 9.59 Å². The van der Waals surface area contributed by atoms with E-state index in [1.165, 1.54) is 16.2 Å². The molecule has 1 fully saturated rings. The van der Waals surface area contributed by atoms with E-state index in [9.17, 15) is 9.59 Å². The second kappa shape index (κ2) is 9.41. The maximum Gasteiger partial charge on any atom is 0.248 e. The Bertz CT molecular complexity index is 957. The van der Waals surface area contributed by atoms with Crippen LogP contribution in [0.2, 0.25) is 0 Å². The van der Waals surface area contributed by atoms with Crippen molar-refractivity contribution in [2.75, 3.05) is 17.6 Å². The van der Waals surface area contributed by atoms with Crippen molar-refractivity contribution in [2.24, 2.45) is 0 Å². The first-order valence-corrected chi connectivity index (χ1v) is 11.6. The van der Waals surface area contributed by atoms with Gasteiger partial charge in [-0.2, -0.15) is 0 Å². The summed E-state index contributed by atoms with van der Waals surface area (Å²) in [4.78, 5) is 32.9. The third-order valence-electron chi connectivity index (χ3n) is 4.95. The van der Waals surface area contributed by atoms with E-state index in [0.29, 0.717) is 24.5 Å². The SMILES string of the molecule is O=C(Nc1nc2ccccc2s1)C1CCCN1C(=O)CCCSc1ccccc1. The number of para-hydroxylation sites is 1. The molecule has 1 N–H and O–H groups in total. The van der Waals surface area contributed by atoms with E-state index in [1.807, 2.05) is 42.5 Å². The van der Waals surface area contributed by atoms with E-state index in [2.05, 4.69) is 22.4 Å². The Morgan fingerprint density at radius 2 is 1.93 bits per heavy atom. The van der Waals surface area contributed by atoms with E-state index in [1.54, 1.807) is 16.7 Å². The number of nitrogens with zero attached hydrogens (tertiary/aromatic N) is 2. The van der Waals surface area contributed by atoms with Crippen molar-refractivity contribution >= 4 is 50.3 Å². The van der Waals surface area contributed by atoms with Gasteiger partial charge in [0.15, 0.2) is 5.13 Å². The number of thiazole rings is 1. The summed E-state index contributed by atoms with van der Waals surface area (Å²) in [7, 11) is 0. The lowest BCUT2D eigenvalue weighted by atomic mass is 10.2. The molecule has 1 saturated heterocycles. The smallest absolute Gasteiger partial charge is 0.248 e. The van der Waals surface area contributed by atoms with Crippen molar-refractivity contribution in [3.63, 3.8) is 0 Å². The maximum absolute atomic E-state index is 12.8. The van der Waals surface area contributed by atoms with Crippen LogP contribution in [-0.4, -0.2) is 40.0 Å². The zero-order chi connectivity index (χ0) is 20.1. The highest BCUT2D eigenvalue weighted by molar-refractivity contribution is 7.99. The molecular weight excluding hydrogens is 402 g/mol. The van der Waals surface area contributed by atoms with Crippen LogP contribution in [0.1, 0.15) is 25.7 Å². The van der Waals surface area contributed by atoms with Gasteiger partial charge in [0.25, 0.3) is 0 Å². The lowest BCUT2D eigenvalue weighted by Gasteiger charge is -2.23. The monoisotopic (exact) mass is 425 g/mol. The Kier molecular flexibility index (Phi) is 6.46. The number of aromatic nitrogens is 1. The molecule has 0 spiro atoms. The number of anilines is 1. The second-order valence-corrected chi connectivity index (χ2v) is 9.19. The van der Waals surface area contributed by atoms with Crippen LogP contribution < -0.4 is 5.32 Å². The number of hydrogen-bond donors (Lipinski definition) is 1. The topological polar surface area (TPSA) is 62.3 Å². The quantitative estimate of drug-likeness (QED) is 0.436. The van der Waals surface area contributed by atoms with Crippen LogP contribution >= 0.6 is 23.1 Å². The summed E-state index contributed by atoms with van der Waals surface area (Å²) in [6, 6.07) is 17.6. The van der Waals surface area contributed by atoms with Crippen LogP contribution in [0.3, 0.4) is 0 Å². The predicted octanol–water partition coefficient (Wildman–Crippen LogP) is 4.80. The van der Waals surface area contributed by atoms with Crippen molar-refractivity contribution in [3.05, 3.63) is 54.6 Å². The molecule has 29 heavy (non-hydrogen) atoms. The van der Waals surface area contributed by atoms with E-state index in [-0.39, 0.29) is 11.8 Å². The number of benzene rings is 2. The second-order valence-electron chi connectivity index (χ2n) is 6.99. The molecule has 0 radical (unpaired) electrons. The number of carbonyl (C=O) groups is 2. The van der Waals surface area contributed by atoms with Gasteiger partial charge in [-0.15, -0.1) is 11.8 Å². The summed E-state index contributed by atoms with van der Waals surface area (Å²) >= 11 is 3.22. The highest BCUT2D eigenvalue weighted by Gasteiger charge is 2.34. The first-order valence-electron chi connectivity index (χ1n) is 9.84. The van der Waals surface area contributed by atoms with E-state index < -0.39 is 6.04 Å². The Morgan fingerprint density at radius 1 is 1.14 bits per heavy atom. The molecular formula is C22H23N3O2S2. The molecule has 1 aromatic heterocycles. The molecule has 4 rings (SSSR count). The Hall–Kier alpha value is -2.38. The number of amides is 2. The lowest BCUT2D eigenvalue weighted by molar-refractivity contribution is -0.136. The molecule has 0 aliphatic carbocycles. The van der Waals surface area contributed by atoms with Crippen molar-refractivity contribution in [3.8, 4) is 0 Å². The Balaban J connectivity index is 1.29. The van der Waals surface area contributed by atoms with E-state index >= 15 is 0 Å². The highest BCUT2D eigenvalue weighted by Crippen LogP contribution is 2.27. The number of rotatable bonds is 7. The number of carbonyl (C=O) groups excluding carboxylic acids is 2. The molecule has 0 saturated carbocycles. The molecule has 1 unspecified atom stereocenters. The van der Waals surface area contributed by atoms with Gasteiger partial charge in [0.2, 0.25) is 11.8 Å². The van der Waals surface area contributed by atoms with Crippen LogP contribution in [0.4, 0.5) is 5.13 Å². The number of nitrogens with one attached hydrogen (secondary N) is 1. The van der Waals surface area contributed by atoms with Gasteiger partial charge >= 0.3 is 0 Å². The molecule has 5 nitrogen and oxygen atoms in total. The minimum absolute atomic E-state index is 0.0700. The van der Waals surface area contributed by atoms with Crippen LogP contribution in [-0.2, 0) is 9.59 Å². The fourth-order valence-electron chi connectivity index (χ4n) is 3.53. The van der Waals surface area contributed by atoms with Crippen molar-refractivity contribution in [1.82, 2.24) is 9.88 Å². The fraction of sp³-hybridized carbons (Fsp3) is 0.318. The Morgan fingerprint density at radius 3 is 2.76 bits per heavy atom. The third kappa shape index (κ3) is 4.97. The van der Waals surface area contributed by atoms with Gasteiger partial charge in [-0.1, -0.05) is 41.7 Å². The van der Waals surface area contributed by atoms with Crippen LogP contribution in [0.25, 0.3) is 10.2 Å². The average Bonchev–Trinajstić information content (AvgIpc) is 3.38. The van der Waals surface area contributed by atoms with Gasteiger partial charge < -0.3 is 10.2 Å². The molecule has 1 atom stereocenters. The van der Waals surface area contributed by atoms with Crippen molar-refractivity contribution < 1.29 is 9.59 Å². The summed E-state index contributed by atoms with van der Waals surface area (Å²) < 4.78 is 1.04. The third-order valence-corrected chi connectivity index (χ3v) is 7.00. The molecule has 1 aliphatic heterocycles.